The number of nitrogens with two attached hydrogens (primary N) is 1. The molecule has 1 unspecified atom stereocenters. The molecule has 98 valence electrons. The van der Waals surface area contributed by atoms with E-state index >= 15 is 0 Å². The number of hydrogen-bond donors (Lipinski definition) is 2. The number of aliphatic hydroxyl groups excluding tert-OH is 1. The molecule has 5 nitrogen and oxygen atoms in total. The van der Waals surface area contributed by atoms with E-state index in [0.29, 0.717) is 11.7 Å². The molecule has 1 aromatic heterocycles. The normalized spacial score (nSPS) is 24.3. The van der Waals surface area contributed by atoms with Crippen molar-refractivity contribution in [1.82, 2.24) is 9.97 Å². The maximum absolute atomic E-state index is 9.47. The molecule has 2 heterocycles. The Labute approximate surface area is 107 Å². The van der Waals surface area contributed by atoms with E-state index in [1.54, 1.807) is 0 Å². The van der Waals surface area contributed by atoms with Gasteiger partial charge in [0.15, 0.2) is 0 Å². The van der Waals surface area contributed by atoms with Crippen molar-refractivity contribution in [1.29, 1.82) is 0 Å². The quantitative estimate of drug-likeness (QED) is 0.843. The molecule has 3 rings (SSSR count). The second kappa shape index (κ2) is 4.72. The van der Waals surface area contributed by atoms with E-state index in [4.69, 9.17) is 5.73 Å². The Balaban J connectivity index is 1.89. The molecule has 3 N–H and O–H groups in total. The van der Waals surface area contributed by atoms with Crippen LogP contribution in [0.3, 0.4) is 0 Å². The number of aliphatic hydroxyl groups is 1. The van der Waals surface area contributed by atoms with E-state index in [0.717, 1.165) is 31.0 Å². The van der Waals surface area contributed by atoms with Crippen molar-refractivity contribution >= 4 is 11.6 Å². The van der Waals surface area contributed by atoms with Gasteiger partial charge in [0.2, 0.25) is 0 Å². The maximum atomic E-state index is 9.47. The van der Waals surface area contributed by atoms with Gasteiger partial charge in [-0.1, -0.05) is 0 Å². The van der Waals surface area contributed by atoms with Crippen molar-refractivity contribution in [2.45, 2.75) is 44.1 Å². The van der Waals surface area contributed by atoms with E-state index in [1.807, 2.05) is 6.07 Å². The van der Waals surface area contributed by atoms with Gasteiger partial charge in [-0.25, -0.2) is 9.97 Å². The lowest BCUT2D eigenvalue weighted by Crippen LogP contribution is -2.42. The third-order valence-corrected chi connectivity index (χ3v) is 3.82. The molecule has 18 heavy (non-hydrogen) atoms. The first-order chi connectivity index (χ1) is 8.78. The topological polar surface area (TPSA) is 75.3 Å². The van der Waals surface area contributed by atoms with E-state index in [1.165, 1.54) is 19.3 Å². The Bertz CT molecular complexity index is 433. The van der Waals surface area contributed by atoms with Gasteiger partial charge in [-0.2, -0.15) is 0 Å². The van der Waals surface area contributed by atoms with Gasteiger partial charge in [0.05, 0.1) is 12.6 Å². The molecule has 0 radical (unpaired) electrons. The number of piperidine rings is 1. The monoisotopic (exact) mass is 248 g/mol. The summed E-state index contributed by atoms with van der Waals surface area (Å²) in [4.78, 5) is 11.1. The molecule has 0 spiro atoms. The SMILES string of the molecule is Nc1cc(N2CCCCC2CO)nc(C2CC2)n1. The van der Waals surface area contributed by atoms with Crippen LogP contribution in [-0.2, 0) is 0 Å². The first-order valence-electron chi connectivity index (χ1n) is 6.80. The van der Waals surface area contributed by atoms with Crippen molar-refractivity contribution in [2.24, 2.45) is 0 Å². The van der Waals surface area contributed by atoms with Crippen LogP contribution >= 0.6 is 0 Å². The van der Waals surface area contributed by atoms with Crippen LogP contribution in [0, 0.1) is 0 Å². The number of nitrogen functional groups attached to an aromatic ring is 1. The molecule has 0 aromatic carbocycles. The van der Waals surface area contributed by atoms with Crippen LogP contribution in [0.25, 0.3) is 0 Å². The Morgan fingerprint density at radius 3 is 2.83 bits per heavy atom. The molecule has 1 saturated heterocycles. The fourth-order valence-electron chi connectivity index (χ4n) is 2.63. The summed E-state index contributed by atoms with van der Waals surface area (Å²) in [5.74, 6) is 2.82. The second-order valence-electron chi connectivity index (χ2n) is 5.31. The van der Waals surface area contributed by atoms with Gasteiger partial charge in [0, 0.05) is 18.5 Å². The summed E-state index contributed by atoms with van der Waals surface area (Å²) in [5.41, 5.74) is 5.88. The predicted molar refractivity (Wildman–Crippen MR) is 70.5 cm³/mol. The second-order valence-corrected chi connectivity index (χ2v) is 5.31. The van der Waals surface area contributed by atoms with Crippen LogP contribution in [0.15, 0.2) is 6.07 Å². The van der Waals surface area contributed by atoms with Gasteiger partial charge in [-0.05, 0) is 32.1 Å². The Morgan fingerprint density at radius 2 is 2.11 bits per heavy atom. The molecule has 0 bridgehead atoms. The van der Waals surface area contributed by atoms with E-state index in [2.05, 4.69) is 14.9 Å². The molecule has 1 atom stereocenters. The van der Waals surface area contributed by atoms with Crippen molar-refractivity contribution < 1.29 is 5.11 Å². The summed E-state index contributed by atoms with van der Waals surface area (Å²) in [6.45, 7) is 1.13. The first-order valence-corrected chi connectivity index (χ1v) is 6.80. The van der Waals surface area contributed by atoms with Crippen LogP contribution in [-0.4, -0.2) is 34.3 Å². The highest BCUT2D eigenvalue weighted by atomic mass is 16.3. The Hall–Kier alpha value is -1.36. The standard InChI is InChI=1S/C13H20N4O/c14-11-7-12(16-13(15-11)9-4-5-9)17-6-2-1-3-10(17)8-18/h7,9-10,18H,1-6,8H2,(H2,14,15,16). The Kier molecular flexibility index (Phi) is 3.07. The highest BCUT2D eigenvalue weighted by molar-refractivity contribution is 5.48. The fraction of sp³-hybridized carbons (Fsp3) is 0.692. The first kappa shape index (κ1) is 11.7. The van der Waals surface area contributed by atoms with Crippen LogP contribution < -0.4 is 10.6 Å². The molecule has 0 amide bonds. The largest absolute Gasteiger partial charge is 0.394 e. The Morgan fingerprint density at radius 1 is 1.28 bits per heavy atom. The highest BCUT2D eigenvalue weighted by Crippen LogP contribution is 2.39. The minimum atomic E-state index is 0.181. The summed E-state index contributed by atoms with van der Waals surface area (Å²) < 4.78 is 0. The average molecular weight is 248 g/mol. The summed E-state index contributed by atoms with van der Waals surface area (Å²) in [6.07, 6.45) is 5.70. The zero-order chi connectivity index (χ0) is 12.5. The van der Waals surface area contributed by atoms with Crippen LogP contribution in [0.5, 0.6) is 0 Å². The van der Waals surface area contributed by atoms with Gasteiger partial charge in [-0.3, -0.25) is 0 Å². The lowest BCUT2D eigenvalue weighted by atomic mass is 10.0. The molecule has 1 aliphatic carbocycles. The zero-order valence-corrected chi connectivity index (χ0v) is 10.5. The minimum absolute atomic E-state index is 0.181. The lowest BCUT2D eigenvalue weighted by Gasteiger charge is -2.35. The van der Waals surface area contributed by atoms with Crippen LogP contribution in [0.4, 0.5) is 11.6 Å². The number of aromatic nitrogens is 2. The van der Waals surface area contributed by atoms with Crippen molar-refractivity contribution in [3.05, 3.63) is 11.9 Å². The van der Waals surface area contributed by atoms with Crippen molar-refractivity contribution in [2.75, 3.05) is 23.8 Å². The number of hydrogen-bond acceptors (Lipinski definition) is 5. The van der Waals surface area contributed by atoms with Gasteiger partial charge in [-0.15, -0.1) is 0 Å². The van der Waals surface area contributed by atoms with Gasteiger partial charge in [0.1, 0.15) is 17.5 Å². The van der Waals surface area contributed by atoms with Gasteiger partial charge in [0.25, 0.3) is 0 Å². The molecule has 2 fully saturated rings. The highest BCUT2D eigenvalue weighted by Gasteiger charge is 2.29. The van der Waals surface area contributed by atoms with E-state index < -0.39 is 0 Å². The van der Waals surface area contributed by atoms with Crippen LogP contribution in [0.1, 0.15) is 43.8 Å². The lowest BCUT2D eigenvalue weighted by molar-refractivity contribution is 0.239. The zero-order valence-electron chi connectivity index (χ0n) is 10.5. The van der Waals surface area contributed by atoms with Gasteiger partial charge < -0.3 is 15.7 Å². The average Bonchev–Trinajstić information content (AvgIpc) is 3.22. The third-order valence-electron chi connectivity index (χ3n) is 3.82. The molecule has 1 aliphatic heterocycles. The number of rotatable bonds is 3. The van der Waals surface area contributed by atoms with Crippen molar-refractivity contribution in [3.8, 4) is 0 Å². The molecule has 1 aromatic rings. The molecule has 5 heteroatoms. The molecular formula is C13H20N4O. The molecule has 1 saturated carbocycles. The van der Waals surface area contributed by atoms with Gasteiger partial charge >= 0.3 is 0 Å². The predicted octanol–water partition coefficient (Wildman–Crippen LogP) is 1.29. The summed E-state index contributed by atoms with van der Waals surface area (Å²) in [5, 5.41) is 9.47. The van der Waals surface area contributed by atoms with E-state index in [-0.39, 0.29) is 12.6 Å². The molecule has 2 aliphatic rings. The third kappa shape index (κ3) is 2.27. The maximum Gasteiger partial charge on any atom is 0.136 e. The van der Waals surface area contributed by atoms with E-state index in [9.17, 15) is 5.11 Å². The summed E-state index contributed by atoms with van der Waals surface area (Å²) in [6, 6.07) is 2.01. The number of nitrogens with zero attached hydrogens (tertiary/aromatic N) is 3. The summed E-state index contributed by atoms with van der Waals surface area (Å²) in [7, 11) is 0. The minimum Gasteiger partial charge on any atom is -0.394 e. The van der Waals surface area contributed by atoms with Crippen LogP contribution in [0.2, 0.25) is 0 Å². The number of anilines is 2. The van der Waals surface area contributed by atoms with Crippen molar-refractivity contribution in [3.63, 3.8) is 0 Å². The fourth-order valence-corrected chi connectivity index (χ4v) is 2.63. The smallest absolute Gasteiger partial charge is 0.136 e. The molecular weight excluding hydrogens is 228 g/mol. The summed E-state index contributed by atoms with van der Waals surface area (Å²) >= 11 is 0.